The predicted octanol–water partition coefficient (Wildman–Crippen LogP) is 3.16. The molecule has 174 valence electrons. The summed E-state index contributed by atoms with van der Waals surface area (Å²) in [4.78, 5) is 39.1. The van der Waals surface area contributed by atoms with E-state index >= 15 is 0 Å². The normalized spacial score (nSPS) is 14.9. The molecule has 0 spiro atoms. The molecule has 8 nitrogen and oxygen atoms in total. The van der Waals surface area contributed by atoms with Gasteiger partial charge in [-0.25, -0.2) is 0 Å². The third-order valence-electron chi connectivity index (χ3n) is 6.41. The highest BCUT2D eigenvalue weighted by Crippen LogP contribution is 2.18. The number of hydrogen-bond acceptors (Lipinski definition) is 4. The van der Waals surface area contributed by atoms with Crippen molar-refractivity contribution in [3.63, 3.8) is 0 Å². The molecular formula is C24H35N5O3. The van der Waals surface area contributed by atoms with Crippen LogP contribution >= 0.6 is 0 Å². The van der Waals surface area contributed by atoms with Gasteiger partial charge in [-0.15, -0.1) is 0 Å². The monoisotopic (exact) mass is 441 g/mol. The zero-order valence-corrected chi connectivity index (χ0v) is 19.8. The fraction of sp³-hybridized carbons (Fsp3) is 0.583. The van der Waals surface area contributed by atoms with Crippen molar-refractivity contribution in [3.8, 4) is 0 Å². The fourth-order valence-electron chi connectivity index (χ4n) is 4.24. The molecule has 0 radical (unpaired) electrons. The molecule has 0 aromatic carbocycles. The molecule has 2 aromatic rings. The van der Waals surface area contributed by atoms with Gasteiger partial charge in [-0.1, -0.05) is 25.7 Å². The van der Waals surface area contributed by atoms with Gasteiger partial charge in [-0.05, 0) is 40.5 Å². The summed E-state index contributed by atoms with van der Waals surface area (Å²) in [7, 11) is 1.85. The van der Waals surface area contributed by atoms with Crippen molar-refractivity contribution >= 4 is 11.8 Å². The van der Waals surface area contributed by atoms with Crippen LogP contribution in [-0.4, -0.2) is 32.2 Å². The number of hydrogen-bond donors (Lipinski definition) is 2. The van der Waals surface area contributed by atoms with Crippen LogP contribution in [0.1, 0.15) is 96.1 Å². The van der Waals surface area contributed by atoms with Gasteiger partial charge >= 0.3 is 0 Å². The van der Waals surface area contributed by atoms with Gasteiger partial charge in [0.05, 0.1) is 5.69 Å². The molecule has 2 N–H and O–H groups in total. The first kappa shape index (κ1) is 23.8. The van der Waals surface area contributed by atoms with Crippen molar-refractivity contribution in [1.29, 1.82) is 0 Å². The Balaban J connectivity index is 1.85. The Kier molecular flexibility index (Phi) is 7.53. The lowest BCUT2D eigenvalue weighted by atomic mass is 10.1. The van der Waals surface area contributed by atoms with Crippen molar-refractivity contribution in [2.45, 2.75) is 84.8 Å². The molecule has 0 atom stereocenters. The SMILES string of the molecule is Cc1nn(C)c(C)c1CNC(=O)c1cn(C(C)C)cc(C(=O)NC2CCCCCC2)c1=O. The predicted molar refractivity (Wildman–Crippen MR) is 124 cm³/mol. The minimum absolute atomic E-state index is 0.00519. The third kappa shape index (κ3) is 5.29. The molecule has 32 heavy (non-hydrogen) atoms. The summed E-state index contributed by atoms with van der Waals surface area (Å²) in [5.41, 5.74) is 2.17. The zero-order valence-electron chi connectivity index (χ0n) is 19.8. The van der Waals surface area contributed by atoms with Gasteiger partial charge in [0.15, 0.2) is 0 Å². The summed E-state index contributed by atoms with van der Waals surface area (Å²) < 4.78 is 3.51. The summed E-state index contributed by atoms with van der Waals surface area (Å²) >= 11 is 0. The highest BCUT2D eigenvalue weighted by molar-refractivity contribution is 5.99. The molecule has 2 amide bonds. The second-order valence-corrected chi connectivity index (χ2v) is 9.07. The maximum absolute atomic E-state index is 13.1. The highest BCUT2D eigenvalue weighted by atomic mass is 16.2. The van der Waals surface area contributed by atoms with E-state index in [0.717, 1.165) is 42.6 Å². The summed E-state index contributed by atoms with van der Waals surface area (Å²) in [5, 5.41) is 10.2. The van der Waals surface area contributed by atoms with Gasteiger partial charge < -0.3 is 15.2 Å². The number of pyridine rings is 1. The number of carbonyl (C=O) groups excluding carboxylic acids is 2. The van der Waals surface area contributed by atoms with Crippen molar-refractivity contribution in [1.82, 2.24) is 25.0 Å². The third-order valence-corrected chi connectivity index (χ3v) is 6.41. The first-order valence-electron chi connectivity index (χ1n) is 11.5. The number of nitrogens with one attached hydrogen (secondary N) is 2. The second kappa shape index (κ2) is 10.1. The van der Waals surface area contributed by atoms with Gasteiger partial charge in [0.1, 0.15) is 11.1 Å². The quantitative estimate of drug-likeness (QED) is 0.673. The number of nitrogens with zero attached hydrogens (tertiary/aromatic N) is 3. The van der Waals surface area contributed by atoms with Crippen molar-refractivity contribution in [2.75, 3.05) is 0 Å². The van der Waals surface area contributed by atoms with Gasteiger partial charge in [0.2, 0.25) is 5.43 Å². The molecule has 8 heteroatoms. The van der Waals surface area contributed by atoms with Crippen LogP contribution in [0.4, 0.5) is 0 Å². The number of carbonyl (C=O) groups is 2. The van der Waals surface area contributed by atoms with E-state index in [1.165, 1.54) is 19.0 Å². The van der Waals surface area contributed by atoms with Crippen LogP contribution in [-0.2, 0) is 13.6 Å². The molecule has 0 unspecified atom stereocenters. The molecule has 1 aliphatic carbocycles. The van der Waals surface area contributed by atoms with E-state index in [1.54, 1.807) is 15.4 Å². The van der Waals surface area contributed by atoms with Gasteiger partial charge in [-0.3, -0.25) is 19.1 Å². The molecule has 2 heterocycles. The van der Waals surface area contributed by atoms with Crippen molar-refractivity contribution in [3.05, 3.63) is 50.7 Å². The van der Waals surface area contributed by atoms with E-state index < -0.39 is 17.2 Å². The van der Waals surface area contributed by atoms with Crippen LogP contribution in [0.2, 0.25) is 0 Å². The molecular weight excluding hydrogens is 406 g/mol. The standard InChI is InChI=1S/C24H35N5O3/c1-15(2)29-13-20(23(31)25-12-19-16(3)27-28(5)17(19)4)22(30)21(14-29)24(32)26-18-10-8-6-7-9-11-18/h13-15,18H,6-12H2,1-5H3,(H,25,31)(H,26,32). The van der Waals surface area contributed by atoms with Gasteiger partial charge in [-0.2, -0.15) is 5.10 Å². The Morgan fingerprint density at radius 2 is 1.66 bits per heavy atom. The highest BCUT2D eigenvalue weighted by Gasteiger charge is 2.23. The topological polar surface area (TPSA) is 98.0 Å². The maximum atomic E-state index is 13.1. The first-order chi connectivity index (χ1) is 15.2. The van der Waals surface area contributed by atoms with Crippen LogP contribution in [0.15, 0.2) is 17.2 Å². The lowest BCUT2D eigenvalue weighted by Gasteiger charge is -2.18. The first-order valence-corrected chi connectivity index (χ1v) is 11.5. The zero-order chi connectivity index (χ0) is 23.4. The van der Waals surface area contributed by atoms with Crippen molar-refractivity contribution < 1.29 is 9.59 Å². The number of aryl methyl sites for hydroxylation is 2. The summed E-state index contributed by atoms with van der Waals surface area (Å²) in [6, 6.07) is 0.0697. The lowest BCUT2D eigenvalue weighted by Crippen LogP contribution is -2.39. The van der Waals surface area contributed by atoms with Crippen molar-refractivity contribution in [2.24, 2.45) is 7.05 Å². The number of rotatable bonds is 6. The van der Waals surface area contributed by atoms with E-state index in [2.05, 4.69) is 15.7 Å². The van der Waals surface area contributed by atoms with Gasteiger partial charge in [0, 0.05) is 49.3 Å². The molecule has 2 aromatic heterocycles. The minimum atomic E-state index is -0.537. The molecule has 0 saturated heterocycles. The van der Waals surface area contributed by atoms with Crippen LogP contribution in [0.5, 0.6) is 0 Å². The minimum Gasteiger partial charge on any atom is -0.350 e. The van der Waals surface area contributed by atoms with Crippen LogP contribution in [0.25, 0.3) is 0 Å². The van der Waals surface area contributed by atoms with E-state index in [0.29, 0.717) is 0 Å². The van der Waals surface area contributed by atoms with Crippen LogP contribution in [0, 0.1) is 13.8 Å². The molecule has 0 aliphatic heterocycles. The Morgan fingerprint density at radius 1 is 1.06 bits per heavy atom. The van der Waals surface area contributed by atoms with Crippen LogP contribution in [0.3, 0.4) is 0 Å². The maximum Gasteiger partial charge on any atom is 0.257 e. The second-order valence-electron chi connectivity index (χ2n) is 9.07. The summed E-state index contributed by atoms with van der Waals surface area (Å²) in [5.74, 6) is -0.888. The lowest BCUT2D eigenvalue weighted by molar-refractivity contribution is 0.0931. The van der Waals surface area contributed by atoms with E-state index in [9.17, 15) is 14.4 Å². The summed E-state index contributed by atoms with van der Waals surface area (Å²) in [6.45, 7) is 7.98. The Labute approximate surface area is 189 Å². The smallest absolute Gasteiger partial charge is 0.257 e. The molecule has 1 aliphatic rings. The average molecular weight is 442 g/mol. The number of amides is 2. The number of aromatic nitrogens is 3. The van der Waals surface area contributed by atoms with E-state index in [1.807, 2.05) is 34.7 Å². The van der Waals surface area contributed by atoms with E-state index in [4.69, 9.17) is 0 Å². The Hall–Kier alpha value is -2.90. The molecule has 1 saturated carbocycles. The Morgan fingerprint density at radius 3 is 2.19 bits per heavy atom. The average Bonchev–Trinajstić information content (AvgIpc) is 2.92. The largest absolute Gasteiger partial charge is 0.350 e. The molecule has 0 bridgehead atoms. The van der Waals surface area contributed by atoms with Gasteiger partial charge in [0.25, 0.3) is 11.8 Å². The molecule has 3 rings (SSSR count). The fourth-order valence-corrected chi connectivity index (χ4v) is 4.24. The Bertz CT molecular complexity index is 1040. The summed E-state index contributed by atoms with van der Waals surface area (Å²) in [6.07, 6.45) is 9.46. The van der Waals surface area contributed by atoms with E-state index in [-0.39, 0.29) is 29.8 Å². The van der Waals surface area contributed by atoms with Crippen LogP contribution < -0.4 is 16.1 Å². The molecule has 1 fully saturated rings.